The van der Waals surface area contributed by atoms with Gasteiger partial charge in [0.15, 0.2) is 11.6 Å². The van der Waals surface area contributed by atoms with E-state index in [0.717, 1.165) is 50.3 Å². The predicted octanol–water partition coefficient (Wildman–Crippen LogP) is 13.6. The molecule has 12 rings (SSSR count). The van der Waals surface area contributed by atoms with Crippen molar-refractivity contribution in [2.24, 2.45) is 0 Å². The molecule has 0 fully saturated rings. The molecule has 2 heterocycles. The number of hydrogen-bond donors (Lipinski definition) is 0. The molecule has 5 heteroatoms. The number of hydrogen-bond acceptors (Lipinski definition) is 4. The minimum absolute atomic E-state index is 0.236. The van der Waals surface area contributed by atoms with Gasteiger partial charge >= 0.3 is 0 Å². The molecule has 2 aliphatic rings. The van der Waals surface area contributed by atoms with E-state index < -0.39 is 5.41 Å². The zero-order valence-corrected chi connectivity index (χ0v) is 34.4. The van der Waals surface area contributed by atoms with Gasteiger partial charge in [-0.25, -0.2) is 4.98 Å². The molecule has 0 N–H and O–H groups in total. The minimum Gasteiger partial charge on any atom is -0.310 e. The van der Waals surface area contributed by atoms with E-state index in [4.69, 9.17) is 15.0 Å². The third-order valence-electron chi connectivity index (χ3n) is 13.1. The van der Waals surface area contributed by atoms with Crippen LogP contribution < -0.4 is 4.90 Å². The maximum absolute atomic E-state index is 5.40. The van der Waals surface area contributed by atoms with Crippen LogP contribution in [0.4, 0.5) is 17.1 Å². The second kappa shape index (κ2) is 13.8. The average Bonchev–Trinajstić information content (AvgIpc) is 3.83. The normalized spacial score (nSPS) is 13.9. The van der Waals surface area contributed by atoms with Gasteiger partial charge in [0, 0.05) is 50.1 Å². The molecule has 0 radical (unpaired) electrons. The number of aromatic nitrogens is 4. The van der Waals surface area contributed by atoms with Crippen LogP contribution in [0.1, 0.15) is 47.2 Å². The fraction of sp³-hybridized carbons (Fsp3) is 0.0702. The van der Waals surface area contributed by atoms with Crippen molar-refractivity contribution in [1.82, 2.24) is 19.5 Å². The van der Waals surface area contributed by atoms with Crippen molar-refractivity contribution in [1.29, 1.82) is 0 Å². The molecular weight excluding hydrogens is 755 g/mol. The highest BCUT2D eigenvalue weighted by atomic mass is 15.2. The molecule has 0 saturated carbocycles. The van der Waals surface area contributed by atoms with Crippen LogP contribution in [-0.4, -0.2) is 19.5 Å². The lowest BCUT2D eigenvalue weighted by Crippen LogP contribution is -2.40. The summed E-state index contributed by atoms with van der Waals surface area (Å²) >= 11 is 0. The monoisotopic (exact) mass is 795 g/mol. The Morgan fingerprint density at radius 1 is 0.419 bits per heavy atom. The predicted molar refractivity (Wildman–Crippen MR) is 252 cm³/mol. The number of benzene rings is 8. The molecule has 2 aliphatic carbocycles. The topological polar surface area (TPSA) is 46.8 Å². The van der Waals surface area contributed by atoms with Gasteiger partial charge in [0.2, 0.25) is 5.95 Å². The lowest BCUT2D eigenvalue weighted by molar-refractivity contribution is 0.564. The van der Waals surface area contributed by atoms with Gasteiger partial charge in [-0.2, -0.15) is 9.97 Å². The van der Waals surface area contributed by atoms with Gasteiger partial charge in [0.05, 0.1) is 16.6 Å². The largest absolute Gasteiger partial charge is 0.310 e. The number of para-hydroxylation sites is 2. The van der Waals surface area contributed by atoms with Crippen molar-refractivity contribution in [3.8, 4) is 40.0 Å². The summed E-state index contributed by atoms with van der Waals surface area (Å²) in [6.45, 7) is 4.75. The molecular formula is C57H41N5. The highest BCUT2D eigenvalue weighted by Gasteiger charge is 2.55. The third-order valence-corrected chi connectivity index (χ3v) is 13.1. The van der Waals surface area contributed by atoms with Crippen LogP contribution in [-0.2, 0) is 10.8 Å². The molecule has 0 aliphatic heterocycles. The summed E-state index contributed by atoms with van der Waals surface area (Å²) in [5.74, 6) is 1.82. The summed E-state index contributed by atoms with van der Waals surface area (Å²) < 4.78 is 2.32. The average molecular weight is 796 g/mol. The first-order valence-corrected chi connectivity index (χ1v) is 21.3. The van der Waals surface area contributed by atoms with Crippen molar-refractivity contribution >= 4 is 28.0 Å². The van der Waals surface area contributed by atoms with Crippen molar-refractivity contribution in [3.05, 3.63) is 246 Å². The van der Waals surface area contributed by atoms with E-state index in [9.17, 15) is 0 Å². The summed E-state index contributed by atoms with van der Waals surface area (Å²) in [7, 11) is 0. The lowest BCUT2D eigenvalue weighted by Gasteiger charge is -2.46. The summed E-state index contributed by atoms with van der Waals surface area (Å²) in [6.07, 6.45) is 0. The van der Waals surface area contributed by atoms with E-state index in [-0.39, 0.29) is 5.41 Å². The Kier molecular flexibility index (Phi) is 8.03. The van der Waals surface area contributed by atoms with Gasteiger partial charge in [0.25, 0.3) is 0 Å². The van der Waals surface area contributed by atoms with E-state index in [1.807, 2.05) is 36.4 Å². The van der Waals surface area contributed by atoms with Crippen LogP contribution in [0.25, 0.3) is 50.9 Å². The molecule has 0 amide bonds. The van der Waals surface area contributed by atoms with E-state index in [1.54, 1.807) is 0 Å². The first-order chi connectivity index (χ1) is 30.5. The van der Waals surface area contributed by atoms with Gasteiger partial charge in [-0.1, -0.05) is 184 Å². The van der Waals surface area contributed by atoms with Crippen molar-refractivity contribution < 1.29 is 0 Å². The van der Waals surface area contributed by atoms with Crippen LogP contribution in [0.5, 0.6) is 0 Å². The lowest BCUT2D eigenvalue weighted by atomic mass is 9.55. The summed E-state index contributed by atoms with van der Waals surface area (Å²) in [4.78, 5) is 18.3. The quantitative estimate of drug-likeness (QED) is 0.168. The van der Waals surface area contributed by atoms with Gasteiger partial charge in [-0.05, 0) is 70.3 Å². The standard InChI is InChI=1S/C57H41N5/c1-56(2)46-31-17-19-33-48(46)57(49-34-20-18-32-47(49)56)45-30-16-15-29-43(45)52-51(57)44-37-42(61(40-25-11-5-12-26-40)41-27-13-6-14-28-41)35-36-50(44)62(52)55-59-53(38-21-7-3-8-22-38)58-54(60-55)39-23-9-4-10-24-39/h3-37H,1-2H3. The summed E-state index contributed by atoms with van der Waals surface area (Å²) in [5.41, 5.74) is 15.2. The van der Waals surface area contributed by atoms with E-state index >= 15 is 0 Å². The molecule has 5 nitrogen and oxygen atoms in total. The molecule has 62 heavy (non-hydrogen) atoms. The Balaban J connectivity index is 1.25. The van der Waals surface area contributed by atoms with E-state index in [0.29, 0.717) is 17.6 Å². The van der Waals surface area contributed by atoms with Gasteiger partial charge in [0.1, 0.15) is 0 Å². The Morgan fingerprint density at radius 2 is 0.871 bits per heavy atom. The van der Waals surface area contributed by atoms with Crippen LogP contribution >= 0.6 is 0 Å². The van der Waals surface area contributed by atoms with Crippen molar-refractivity contribution in [3.63, 3.8) is 0 Å². The number of nitrogens with zero attached hydrogens (tertiary/aromatic N) is 5. The van der Waals surface area contributed by atoms with Crippen LogP contribution in [0.2, 0.25) is 0 Å². The fourth-order valence-electron chi connectivity index (χ4n) is 10.5. The molecule has 0 saturated heterocycles. The molecule has 1 spiro atoms. The fourth-order valence-corrected chi connectivity index (χ4v) is 10.5. The Bertz CT molecular complexity index is 3170. The van der Waals surface area contributed by atoms with Crippen molar-refractivity contribution in [2.75, 3.05) is 4.90 Å². The molecule has 294 valence electrons. The Labute approximate surface area is 361 Å². The summed E-state index contributed by atoms with van der Waals surface area (Å²) in [5, 5.41) is 1.14. The van der Waals surface area contributed by atoms with Gasteiger partial charge < -0.3 is 4.90 Å². The minimum atomic E-state index is -0.654. The molecule has 8 aromatic carbocycles. The molecule has 2 aromatic heterocycles. The van der Waals surface area contributed by atoms with Crippen LogP contribution in [0.15, 0.2) is 212 Å². The van der Waals surface area contributed by atoms with Gasteiger partial charge in [-0.15, -0.1) is 0 Å². The third kappa shape index (κ3) is 5.18. The number of fused-ring (bicyclic) bond motifs is 11. The first-order valence-electron chi connectivity index (χ1n) is 21.3. The highest BCUT2D eigenvalue weighted by molar-refractivity contribution is 6.04. The molecule has 0 atom stereocenters. The zero-order valence-electron chi connectivity index (χ0n) is 34.4. The van der Waals surface area contributed by atoms with E-state index in [2.05, 4.69) is 199 Å². The first kappa shape index (κ1) is 36.0. The maximum Gasteiger partial charge on any atom is 0.238 e. The second-order valence-electron chi connectivity index (χ2n) is 16.8. The molecule has 10 aromatic rings. The smallest absolute Gasteiger partial charge is 0.238 e. The van der Waals surface area contributed by atoms with Crippen molar-refractivity contribution in [2.45, 2.75) is 24.7 Å². The Morgan fingerprint density at radius 3 is 1.40 bits per heavy atom. The molecule has 0 unspecified atom stereocenters. The SMILES string of the molecule is CC1(C)c2ccccc2C2(c3ccccc3-c3c2c2cc(N(c4ccccc4)c4ccccc4)ccc2n3-c2nc(-c3ccccc3)nc(-c3ccccc3)n2)c2ccccc21. The van der Waals surface area contributed by atoms with E-state index in [1.165, 1.54) is 33.4 Å². The number of anilines is 3. The number of rotatable bonds is 6. The van der Waals surface area contributed by atoms with Gasteiger partial charge in [-0.3, -0.25) is 4.57 Å². The highest BCUT2D eigenvalue weighted by Crippen LogP contribution is 2.64. The van der Waals surface area contributed by atoms with Crippen LogP contribution in [0.3, 0.4) is 0 Å². The van der Waals surface area contributed by atoms with Crippen LogP contribution in [0, 0.1) is 0 Å². The zero-order chi connectivity index (χ0) is 41.4. The summed E-state index contributed by atoms with van der Waals surface area (Å²) in [6, 6.07) is 76.0. The maximum atomic E-state index is 5.40. The Hall–Kier alpha value is -7.89. The second-order valence-corrected chi connectivity index (χ2v) is 16.8. The molecule has 0 bridgehead atoms.